The Morgan fingerprint density at radius 1 is 1.63 bits per heavy atom. The maximum absolute atomic E-state index is 12.0. The fraction of sp³-hybridized carbons (Fsp3) is 0.455. The quantitative estimate of drug-likeness (QED) is 0.683. The summed E-state index contributed by atoms with van der Waals surface area (Å²) in [5, 5.41) is 9.58. The number of aromatic nitrogens is 4. The molecule has 3 heterocycles. The number of hydrogen-bond donors (Lipinski definition) is 3. The van der Waals surface area contributed by atoms with Crippen LogP contribution in [0.2, 0.25) is 0 Å². The van der Waals surface area contributed by atoms with E-state index in [2.05, 4.69) is 30.7 Å². The topological polar surface area (TPSA) is 109 Å². The zero-order chi connectivity index (χ0) is 13.2. The van der Waals surface area contributed by atoms with E-state index in [4.69, 9.17) is 4.52 Å². The van der Waals surface area contributed by atoms with Crippen molar-refractivity contribution in [1.29, 1.82) is 0 Å². The number of carbonyl (C=O) groups excluding carboxylic acids is 1. The molecular formula is C11H14N6O2. The minimum atomic E-state index is -0.278. The van der Waals surface area contributed by atoms with Crippen LogP contribution in [0.15, 0.2) is 10.9 Å². The second-order valence-electron chi connectivity index (χ2n) is 4.42. The third-order valence-corrected chi connectivity index (χ3v) is 3.03. The maximum Gasteiger partial charge on any atom is 0.246 e. The number of nitrogens with one attached hydrogen (secondary N) is 3. The maximum atomic E-state index is 12.0. The summed E-state index contributed by atoms with van der Waals surface area (Å²) in [5.74, 6) is 0.868. The van der Waals surface area contributed by atoms with E-state index in [0.29, 0.717) is 24.7 Å². The van der Waals surface area contributed by atoms with Crippen molar-refractivity contribution in [3.8, 4) is 0 Å². The SMILES string of the molecule is Cc1noc(CNC(=O)C2Cc3nc[nH]c3CN2)n1. The molecule has 0 aromatic carbocycles. The highest BCUT2D eigenvalue weighted by Crippen LogP contribution is 2.12. The summed E-state index contributed by atoms with van der Waals surface area (Å²) in [5.41, 5.74) is 1.98. The van der Waals surface area contributed by atoms with Gasteiger partial charge in [0.25, 0.3) is 0 Å². The Bertz CT molecular complexity index is 590. The second kappa shape index (κ2) is 4.81. The molecule has 0 saturated carbocycles. The average Bonchev–Trinajstić information content (AvgIpc) is 3.03. The number of aryl methyl sites for hydroxylation is 1. The van der Waals surface area contributed by atoms with Crippen LogP contribution >= 0.6 is 0 Å². The molecule has 0 spiro atoms. The molecule has 0 fully saturated rings. The summed E-state index contributed by atoms with van der Waals surface area (Å²) in [4.78, 5) is 23.3. The molecule has 8 heteroatoms. The average molecular weight is 262 g/mol. The molecule has 1 aliphatic heterocycles. The highest BCUT2D eigenvalue weighted by molar-refractivity contribution is 5.82. The van der Waals surface area contributed by atoms with Gasteiger partial charge in [0.15, 0.2) is 5.82 Å². The Labute approximate surface area is 109 Å². The second-order valence-corrected chi connectivity index (χ2v) is 4.42. The number of carbonyl (C=O) groups is 1. The summed E-state index contributed by atoms with van der Waals surface area (Å²) in [7, 11) is 0. The van der Waals surface area contributed by atoms with Crippen LogP contribution < -0.4 is 10.6 Å². The fourth-order valence-electron chi connectivity index (χ4n) is 2.05. The summed E-state index contributed by atoms with van der Waals surface area (Å²) < 4.78 is 4.93. The highest BCUT2D eigenvalue weighted by Gasteiger charge is 2.25. The first-order valence-corrected chi connectivity index (χ1v) is 6.04. The van der Waals surface area contributed by atoms with Crippen LogP contribution in [-0.4, -0.2) is 32.1 Å². The van der Waals surface area contributed by atoms with Gasteiger partial charge in [-0.15, -0.1) is 0 Å². The van der Waals surface area contributed by atoms with E-state index in [1.807, 2.05) is 0 Å². The van der Waals surface area contributed by atoms with E-state index in [9.17, 15) is 4.79 Å². The van der Waals surface area contributed by atoms with Gasteiger partial charge in [-0.1, -0.05) is 5.16 Å². The lowest BCUT2D eigenvalue weighted by Gasteiger charge is -2.21. The summed E-state index contributed by atoms with van der Waals surface area (Å²) in [6.07, 6.45) is 2.22. The van der Waals surface area contributed by atoms with Gasteiger partial charge in [-0.3, -0.25) is 10.1 Å². The Kier molecular flexibility index (Phi) is 3.00. The Hall–Kier alpha value is -2.22. The predicted octanol–water partition coefficient (Wildman–Crippen LogP) is -0.568. The number of H-pyrrole nitrogens is 1. The number of nitrogens with zero attached hydrogens (tertiary/aromatic N) is 3. The summed E-state index contributed by atoms with van der Waals surface area (Å²) >= 11 is 0. The molecule has 0 bridgehead atoms. The van der Waals surface area contributed by atoms with Crippen LogP contribution in [-0.2, 0) is 24.3 Å². The van der Waals surface area contributed by atoms with Gasteiger partial charge in [0.2, 0.25) is 11.8 Å². The van der Waals surface area contributed by atoms with Crippen molar-refractivity contribution in [3.63, 3.8) is 0 Å². The Morgan fingerprint density at radius 3 is 3.32 bits per heavy atom. The molecule has 0 radical (unpaired) electrons. The first-order chi connectivity index (χ1) is 9.22. The van der Waals surface area contributed by atoms with Gasteiger partial charge in [-0.2, -0.15) is 4.98 Å². The van der Waals surface area contributed by atoms with Crippen LogP contribution in [0, 0.1) is 6.92 Å². The van der Waals surface area contributed by atoms with E-state index in [-0.39, 0.29) is 18.5 Å². The monoisotopic (exact) mass is 262 g/mol. The van der Waals surface area contributed by atoms with Crippen LogP contribution in [0.5, 0.6) is 0 Å². The van der Waals surface area contributed by atoms with Crippen LogP contribution in [0.25, 0.3) is 0 Å². The zero-order valence-electron chi connectivity index (χ0n) is 10.4. The molecule has 100 valence electrons. The lowest BCUT2D eigenvalue weighted by Crippen LogP contribution is -2.47. The molecule has 3 N–H and O–H groups in total. The lowest BCUT2D eigenvalue weighted by atomic mass is 10.0. The molecule has 0 saturated heterocycles. The molecule has 19 heavy (non-hydrogen) atoms. The third-order valence-electron chi connectivity index (χ3n) is 3.03. The molecule has 0 aliphatic carbocycles. The highest BCUT2D eigenvalue weighted by atomic mass is 16.5. The molecule has 1 aliphatic rings. The van der Waals surface area contributed by atoms with Gasteiger partial charge < -0.3 is 14.8 Å². The van der Waals surface area contributed by atoms with Crippen molar-refractivity contribution in [2.24, 2.45) is 0 Å². The van der Waals surface area contributed by atoms with Crippen molar-refractivity contribution in [2.45, 2.75) is 32.5 Å². The number of imidazole rings is 1. The number of aromatic amines is 1. The molecule has 1 unspecified atom stereocenters. The van der Waals surface area contributed by atoms with Crippen LogP contribution in [0.4, 0.5) is 0 Å². The first kappa shape index (κ1) is 11.8. The summed E-state index contributed by atoms with van der Waals surface area (Å²) in [6.45, 7) is 2.59. The van der Waals surface area contributed by atoms with Crippen LogP contribution in [0.3, 0.4) is 0 Å². The Morgan fingerprint density at radius 2 is 2.53 bits per heavy atom. The largest absolute Gasteiger partial charge is 0.347 e. The van der Waals surface area contributed by atoms with Crippen LogP contribution in [0.1, 0.15) is 23.1 Å². The van der Waals surface area contributed by atoms with Gasteiger partial charge in [0.1, 0.15) is 0 Å². The summed E-state index contributed by atoms with van der Waals surface area (Å²) in [6, 6.07) is -0.278. The van der Waals surface area contributed by atoms with E-state index < -0.39 is 0 Å². The van der Waals surface area contributed by atoms with E-state index in [1.54, 1.807) is 13.3 Å². The van der Waals surface area contributed by atoms with Gasteiger partial charge >= 0.3 is 0 Å². The minimum absolute atomic E-state index is 0.0931. The number of rotatable bonds is 3. The van der Waals surface area contributed by atoms with Crippen molar-refractivity contribution < 1.29 is 9.32 Å². The Balaban J connectivity index is 1.57. The fourth-order valence-corrected chi connectivity index (χ4v) is 2.05. The molecule has 8 nitrogen and oxygen atoms in total. The zero-order valence-corrected chi connectivity index (χ0v) is 10.4. The molecule has 3 rings (SSSR count). The normalized spacial score (nSPS) is 18.1. The smallest absolute Gasteiger partial charge is 0.246 e. The van der Waals surface area contributed by atoms with Crippen molar-refractivity contribution in [2.75, 3.05) is 0 Å². The van der Waals surface area contributed by atoms with Gasteiger partial charge in [-0.25, -0.2) is 4.98 Å². The van der Waals surface area contributed by atoms with E-state index in [0.717, 1.165) is 11.4 Å². The third kappa shape index (κ3) is 2.48. The number of fused-ring (bicyclic) bond motifs is 1. The van der Waals surface area contributed by atoms with E-state index in [1.165, 1.54) is 0 Å². The number of amides is 1. The predicted molar refractivity (Wildman–Crippen MR) is 63.8 cm³/mol. The van der Waals surface area contributed by atoms with E-state index >= 15 is 0 Å². The standard InChI is InChI=1S/C11H14N6O2/c1-6-16-10(19-17-6)4-13-11(18)8-2-7-9(3-12-8)15-5-14-7/h5,8,12H,2-4H2,1H3,(H,13,18)(H,14,15). The molecule has 1 atom stereocenters. The molecule has 1 amide bonds. The first-order valence-electron chi connectivity index (χ1n) is 6.04. The van der Waals surface area contributed by atoms with Crippen molar-refractivity contribution in [3.05, 3.63) is 29.4 Å². The van der Waals surface area contributed by atoms with Crippen molar-refractivity contribution >= 4 is 5.91 Å². The van der Waals surface area contributed by atoms with Gasteiger partial charge in [-0.05, 0) is 6.92 Å². The lowest BCUT2D eigenvalue weighted by molar-refractivity contribution is -0.123. The van der Waals surface area contributed by atoms with Crippen molar-refractivity contribution in [1.82, 2.24) is 30.7 Å². The number of hydrogen-bond acceptors (Lipinski definition) is 6. The molecule has 2 aromatic rings. The van der Waals surface area contributed by atoms with Gasteiger partial charge in [0, 0.05) is 13.0 Å². The molecular weight excluding hydrogens is 248 g/mol. The van der Waals surface area contributed by atoms with Gasteiger partial charge in [0.05, 0.1) is 30.3 Å². The minimum Gasteiger partial charge on any atom is -0.347 e. The molecule has 2 aromatic heterocycles.